The zero-order chi connectivity index (χ0) is 47.6. The maximum atomic E-state index is 13.0. The van der Waals surface area contributed by atoms with Crippen molar-refractivity contribution in [3.05, 3.63) is 36.5 Å². The molecular weight excluding hydrogens is 874 g/mol. The van der Waals surface area contributed by atoms with E-state index in [4.69, 9.17) is 28.3 Å². The van der Waals surface area contributed by atoms with Crippen LogP contribution >= 0.6 is 15.6 Å². The maximum Gasteiger partial charge on any atom is 0.472 e. The van der Waals surface area contributed by atoms with E-state index in [1.54, 1.807) is 12.2 Å². The number of phosphoric acid groups is 2. The standard InChI is InChI=1S/C45H82O17P2/c1-3-5-7-9-11-13-15-17-19-21-23-25-27-30-36(46)31-29-33-39(48)60-37(34-58-38(47)32-28-26-24-22-20-18-16-14-12-10-8-6-4-2)35-59-64(56,57)62-45-42(51)40(49)41(50)44(43(45)52)61-63(53,54)55/h17,19,23,25,27,30,36-37,40-46,49-52H,3-16,18,20-22,24,26,28-29,31-35H2,1-2H3,(H,56,57)(H2,53,54,55)/b19-17+,25-23+,30-27+/t36?,37-,40?,41?,42?,43?,44-,45+/m1/s1. The van der Waals surface area contributed by atoms with Gasteiger partial charge in [-0.25, -0.2) is 9.13 Å². The average Bonchev–Trinajstić information content (AvgIpc) is 3.24. The number of hydrogen-bond acceptors (Lipinski definition) is 14. The molecule has 9 atom stereocenters. The van der Waals surface area contributed by atoms with Gasteiger partial charge in [-0.2, -0.15) is 0 Å². The van der Waals surface area contributed by atoms with Crippen LogP contribution in [-0.2, 0) is 41.8 Å². The van der Waals surface area contributed by atoms with Gasteiger partial charge >= 0.3 is 27.6 Å². The second-order valence-corrected chi connectivity index (χ2v) is 19.3. The van der Waals surface area contributed by atoms with Crippen LogP contribution in [0, 0.1) is 0 Å². The number of hydrogen-bond donors (Lipinski definition) is 8. The number of allylic oxidation sites excluding steroid dienone is 5. The topological polar surface area (TPSA) is 276 Å². The molecule has 1 fully saturated rings. The van der Waals surface area contributed by atoms with Crippen molar-refractivity contribution in [2.45, 2.75) is 223 Å². The van der Waals surface area contributed by atoms with Crippen LogP contribution in [0.1, 0.15) is 174 Å². The second kappa shape index (κ2) is 36.3. The molecule has 0 heterocycles. The van der Waals surface area contributed by atoms with E-state index in [-0.39, 0.29) is 25.7 Å². The molecule has 1 rings (SSSR count). The molecule has 0 aromatic heterocycles. The minimum atomic E-state index is -5.38. The molecule has 0 saturated heterocycles. The van der Waals surface area contributed by atoms with Crippen LogP contribution in [0.3, 0.4) is 0 Å². The van der Waals surface area contributed by atoms with Crippen molar-refractivity contribution in [3.8, 4) is 0 Å². The van der Waals surface area contributed by atoms with Crippen LogP contribution in [0.15, 0.2) is 36.5 Å². The highest BCUT2D eigenvalue weighted by atomic mass is 31.2. The Hall–Kier alpha value is -1.82. The average molecular weight is 957 g/mol. The summed E-state index contributed by atoms with van der Waals surface area (Å²) in [6.07, 6.45) is 19.8. The molecule has 6 unspecified atom stereocenters. The maximum absolute atomic E-state index is 13.0. The molecule has 0 aliphatic heterocycles. The van der Waals surface area contributed by atoms with E-state index in [0.29, 0.717) is 6.42 Å². The summed E-state index contributed by atoms with van der Waals surface area (Å²) in [6.45, 7) is 2.94. The van der Waals surface area contributed by atoms with Gasteiger partial charge < -0.3 is 49.7 Å². The summed E-state index contributed by atoms with van der Waals surface area (Å²) in [5.74, 6) is -1.40. The number of phosphoric ester groups is 2. The summed E-state index contributed by atoms with van der Waals surface area (Å²) < 4.78 is 49.2. The summed E-state index contributed by atoms with van der Waals surface area (Å²) in [5.41, 5.74) is 0. The highest BCUT2D eigenvalue weighted by Crippen LogP contribution is 2.49. The van der Waals surface area contributed by atoms with E-state index in [9.17, 15) is 49.1 Å². The minimum Gasteiger partial charge on any atom is -0.462 e. The number of aliphatic hydroxyl groups excluding tert-OH is 5. The summed E-state index contributed by atoms with van der Waals surface area (Å²) in [7, 11) is -10.7. The SMILES string of the molecule is CCCCCCCC/C=C/C/C=C/C=C/C(O)CCCC(=O)O[C@H](COC(=O)CCCCCCCCCCCCCCC)COP(=O)(O)O[C@H]1C(O)C(O)C(O)[C@@H](OP(=O)(O)O)C1O. The fourth-order valence-corrected chi connectivity index (χ4v) is 8.63. The van der Waals surface area contributed by atoms with Crippen LogP contribution in [0.25, 0.3) is 0 Å². The Kier molecular flexibility index (Phi) is 34.1. The fraction of sp³-hybridized carbons (Fsp3) is 0.822. The molecule has 0 bridgehead atoms. The summed E-state index contributed by atoms with van der Waals surface area (Å²) >= 11 is 0. The van der Waals surface area contributed by atoms with Crippen LogP contribution in [-0.4, -0.2) is 114 Å². The van der Waals surface area contributed by atoms with Crippen molar-refractivity contribution in [1.29, 1.82) is 0 Å². The Morgan fingerprint density at radius 3 is 1.66 bits per heavy atom. The lowest BCUT2D eigenvalue weighted by atomic mass is 9.85. The lowest BCUT2D eigenvalue weighted by Crippen LogP contribution is -2.64. The van der Waals surface area contributed by atoms with Gasteiger partial charge in [0, 0.05) is 12.8 Å². The van der Waals surface area contributed by atoms with Crippen LogP contribution in [0.4, 0.5) is 0 Å². The third-order valence-electron chi connectivity index (χ3n) is 10.8. The van der Waals surface area contributed by atoms with Crippen molar-refractivity contribution in [1.82, 2.24) is 0 Å². The van der Waals surface area contributed by atoms with Crippen molar-refractivity contribution >= 4 is 27.6 Å². The third-order valence-corrected chi connectivity index (χ3v) is 12.3. The number of rotatable bonds is 39. The Morgan fingerprint density at radius 1 is 0.578 bits per heavy atom. The molecule has 64 heavy (non-hydrogen) atoms. The molecule has 19 heteroatoms. The predicted octanol–water partition coefficient (Wildman–Crippen LogP) is 7.70. The summed E-state index contributed by atoms with van der Waals surface area (Å²) in [6, 6.07) is 0. The van der Waals surface area contributed by atoms with Gasteiger partial charge in [-0.3, -0.25) is 23.2 Å². The Bertz CT molecular complexity index is 1400. The van der Waals surface area contributed by atoms with Gasteiger partial charge in [0.05, 0.1) is 12.7 Å². The first-order valence-corrected chi connectivity index (χ1v) is 26.7. The lowest BCUT2D eigenvalue weighted by Gasteiger charge is -2.43. The molecule has 374 valence electrons. The first kappa shape index (κ1) is 60.2. The van der Waals surface area contributed by atoms with E-state index in [1.807, 2.05) is 12.2 Å². The molecule has 1 aliphatic rings. The molecule has 8 N–H and O–H groups in total. The molecule has 0 amide bonds. The Morgan fingerprint density at radius 2 is 1.09 bits per heavy atom. The lowest BCUT2D eigenvalue weighted by molar-refractivity contribution is -0.216. The van der Waals surface area contributed by atoms with Gasteiger partial charge in [0.1, 0.15) is 43.2 Å². The Labute approximate surface area is 381 Å². The van der Waals surface area contributed by atoms with Gasteiger partial charge in [0.15, 0.2) is 6.10 Å². The van der Waals surface area contributed by atoms with Crippen molar-refractivity contribution in [2.24, 2.45) is 0 Å². The van der Waals surface area contributed by atoms with E-state index in [1.165, 1.54) is 89.9 Å². The highest BCUT2D eigenvalue weighted by molar-refractivity contribution is 7.47. The predicted molar refractivity (Wildman–Crippen MR) is 243 cm³/mol. The van der Waals surface area contributed by atoms with E-state index in [2.05, 4.69) is 30.5 Å². The van der Waals surface area contributed by atoms with Gasteiger partial charge in [-0.1, -0.05) is 159 Å². The molecule has 1 aliphatic carbocycles. The zero-order valence-electron chi connectivity index (χ0n) is 38.3. The second-order valence-electron chi connectivity index (χ2n) is 16.7. The Balaban J connectivity index is 2.69. The van der Waals surface area contributed by atoms with Crippen LogP contribution in [0.5, 0.6) is 0 Å². The molecule has 0 aromatic rings. The summed E-state index contributed by atoms with van der Waals surface area (Å²) in [4.78, 5) is 54.2. The molecular formula is C45H82O17P2. The van der Waals surface area contributed by atoms with Crippen molar-refractivity contribution < 1.29 is 82.0 Å². The first-order valence-electron chi connectivity index (χ1n) is 23.6. The molecule has 1 saturated carbocycles. The summed E-state index contributed by atoms with van der Waals surface area (Å²) in [5, 5.41) is 51.6. The van der Waals surface area contributed by atoms with E-state index in [0.717, 1.165) is 38.5 Å². The number of aliphatic hydroxyl groups is 5. The van der Waals surface area contributed by atoms with E-state index >= 15 is 0 Å². The molecule has 0 spiro atoms. The normalized spacial score (nSPS) is 22.6. The minimum absolute atomic E-state index is 0.0842. The number of ether oxygens (including phenoxy) is 2. The van der Waals surface area contributed by atoms with Gasteiger partial charge in [0.25, 0.3) is 0 Å². The largest absolute Gasteiger partial charge is 0.472 e. The van der Waals surface area contributed by atoms with Crippen LogP contribution in [0.2, 0.25) is 0 Å². The van der Waals surface area contributed by atoms with Gasteiger partial charge in [-0.15, -0.1) is 0 Å². The zero-order valence-corrected chi connectivity index (χ0v) is 40.1. The number of carbonyl (C=O) groups is 2. The number of unbranched alkanes of at least 4 members (excludes halogenated alkanes) is 18. The smallest absolute Gasteiger partial charge is 0.462 e. The number of esters is 2. The van der Waals surface area contributed by atoms with Crippen molar-refractivity contribution in [2.75, 3.05) is 13.2 Å². The van der Waals surface area contributed by atoms with Crippen molar-refractivity contribution in [3.63, 3.8) is 0 Å². The first-order chi connectivity index (χ1) is 30.5. The third kappa shape index (κ3) is 30.5. The fourth-order valence-electron chi connectivity index (χ4n) is 7.09. The molecule has 0 aromatic carbocycles. The van der Waals surface area contributed by atoms with Gasteiger partial charge in [-0.05, 0) is 38.5 Å². The van der Waals surface area contributed by atoms with Gasteiger partial charge in [0.2, 0.25) is 0 Å². The van der Waals surface area contributed by atoms with Crippen LogP contribution < -0.4 is 0 Å². The molecule has 0 radical (unpaired) electrons. The monoisotopic (exact) mass is 957 g/mol. The van der Waals surface area contributed by atoms with E-state index < -0.39 is 89.6 Å². The molecule has 17 nitrogen and oxygen atoms in total. The number of carbonyl (C=O) groups excluding carboxylic acids is 2. The quantitative estimate of drug-likeness (QED) is 0.00963. The highest BCUT2D eigenvalue weighted by Gasteiger charge is 2.54.